The average molecular weight is 402 g/mol. The van der Waals surface area contributed by atoms with Gasteiger partial charge in [0.25, 0.3) is 5.91 Å². The molecule has 0 aliphatic rings. The fraction of sp³-hybridized carbons (Fsp3) is 0.238. The number of nitrogens with one attached hydrogen (secondary N) is 1. The third kappa shape index (κ3) is 4.17. The van der Waals surface area contributed by atoms with E-state index in [0.717, 1.165) is 23.2 Å². The van der Waals surface area contributed by atoms with Crippen molar-refractivity contribution in [1.29, 1.82) is 0 Å². The van der Waals surface area contributed by atoms with Gasteiger partial charge in [0.05, 0.1) is 29.1 Å². The van der Waals surface area contributed by atoms with E-state index in [1.165, 1.54) is 12.1 Å². The van der Waals surface area contributed by atoms with Crippen LogP contribution in [0, 0.1) is 5.82 Å². The van der Waals surface area contributed by atoms with Gasteiger partial charge in [-0.2, -0.15) is 5.10 Å². The van der Waals surface area contributed by atoms with E-state index in [0.29, 0.717) is 5.82 Å². The van der Waals surface area contributed by atoms with Crippen molar-refractivity contribution in [3.05, 3.63) is 70.6 Å². The van der Waals surface area contributed by atoms with E-state index in [9.17, 15) is 9.18 Å². The summed E-state index contributed by atoms with van der Waals surface area (Å²) in [6.45, 7) is 6.11. The molecule has 3 rings (SSSR count). The summed E-state index contributed by atoms with van der Waals surface area (Å²) in [6, 6.07) is 12.8. The quantitative estimate of drug-likeness (QED) is 0.651. The van der Waals surface area contributed by atoms with Crippen molar-refractivity contribution >= 4 is 23.3 Å². The topological polar surface area (TPSA) is 56.1 Å². The Morgan fingerprint density at radius 1 is 1.14 bits per heavy atom. The van der Waals surface area contributed by atoms with Gasteiger partial charge in [-0.1, -0.05) is 32.4 Å². The average Bonchev–Trinajstić information content (AvgIpc) is 3.05. The Morgan fingerprint density at radius 2 is 1.82 bits per heavy atom. The fourth-order valence-corrected chi connectivity index (χ4v) is 2.87. The Balaban J connectivity index is 2.00. The number of hydrogen-bond acceptors (Lipinski definition) is 3. The molecule has 0 spiro atoms. The summed E-state index contributed by atoms with van der Waals surface area (Å²) in [5, 5.41) is 7.53. The molecule has 0 saturated carbocycles. The minimum Gasteiger partial charge on any atom is -0.497 e. The van der Waals surface area contributed by atoms with E-state index in [1.807, 2.05) is 51.1 Å². The van der Waals surface area contributed by atoms with Gasteiger partial charge in [0, 0.05) is 11.5 Å². The zero-order valence-electron chi connectivity index (χ0n) is 16.1. The Labute approximate surface area is 168 Å². The van der Waals surface area contributed by atoms with Crippen LogP contribution >= 0.6 is 11.6 Å². The molecule has 1 heterocycles. The van der Waals surface area contributed by atoms with E-state index in [1.54, 1.807) is 11.8 Å². The molecule has 0 unspecified atom stereocenters. The minimum atomic E-state index is -0.500. The molecule has 0 atom stereocenters. The van der Waals surface area contributed by atoms with E-state index < -0.39 is 11.7 Å². The van der Waals surface area contributed by atoms with Crippen LogP contribution in [0.1, 0.15) is 36.8 Å². The largest absolute Gasteiger partial charge is 0.497 e. The molecule has 5 nitrogen and oxygen atoms in total. The molecule has 1 amide bonds. The van der Waals surface area contributed by atoms with E-state index in [4.69, 9.17) is 16.3 Å². The van der Waals surface area contributed by atoms with Gasteiger partial charge < -0.3 is 10.1 Å². The van der Waals surface area contributed by atoms with Crippen LogP contribution in [0.3, 0.4) is 0 Å². The van der Waals surface area contributed by atoms with Crippen LogP contribution in [-0.2, 0) is 5.41 Å². The third-order valence-electron chi connectivity index (χ3n) is 4.21. The number of methoxy groups -OCH3 is 1. The minimum absolute atomic E-state index is 0.0454. The molecule has 0 saturated heterocycles. The van der Waals surface area contributed by atoms with Gasteiger partial charge in [0.15, 0.2) is 0 Å². The lowest BCUT2D eigenvalue weighted by atomic mass is 9.92. The Bertz CT molecular complexity index is 1010. The number of nitrogens with zero attached hydrogens (tertiary/aromatic N) is 2. The first-order chi connectivity index (χ1) is 13.2. The monoisotopic (exact) mass is 401 g/mol. The van der Waals surface area contributed by atoms with Crippen molar-refractivity contribution in [1.82, 2.24) is 9.78 Å². The van der Waals surface area contributed by atoms with Crippen molar-refractivity contribution in [2.45, 2.75) is 26.2 Å². The lowest BCUT2D eigenvalue weighted by molar-refractivity contribution is 0.102. The number of aromatic nitrogens is 2. The summed E-state index contributed by atoms with van der Waals surface area (Å²) in [4.78, 5) is 12.7. The van der Waals surface area contributed by atoms with Crippen LogP contribution in [0.4, 0.5) is 10.2 Å². The summed E-state index contributed by atoms with van der Waals surface area (Å²) >= 11 is 6.02. The number of anilines is 1. The summed E-state index contributed by atoms with van der Waals surface area (Å²) in [6.07, 6.45) is 0. The Hall–Kier alpha value is -2.86. The van der Waals surface area contributed by atoms with E-state index in [-0.39, 0.29) is 16.0 Å². The van der Waals surface area contributed by atoms with Crippen LogP contribution in [-0.4, -0.2) is 22.8 Å². The summed E-state index contributed by atoms with van der Waals surface area (Å²) in [5.41, 5.74) is 1.54. The van der Waals surface area contributed by atoms with Gasteiger partial charge in [-0.15, -0.1) is 0 Å². The van der Waals surface area contributed by atoms with Crippen LogP contribution in [0.15, 0.2) is 48.5 Å². The van der Waals surface area contributed by atoms with E-state index >= 15 is 0 Å². The maximum absolute atomic E-state index is 13.3. The van der Waals surface area contributed by atoms with E-state index in [2.05, 4.69) is 10.4 Å². The number of rotatable bonds is 4. The first-order valence-corrected chi connectivity index (χ1v) is 9.08. The molecule has 3 aromatic rings. The van der Waals surface area contributed by atoms with Crippen LogP contribution in [0.25, 0.3) is 5.69 Å². The molecular formula is C21H21ClFN3O2. The molecule has 146 valence electrons. The molecule has 28 heavy (non-hydrogen) atoms. The number of hydrogen-bond donors (Lipinski definition) is 1. The summed E-state index contributed by atoms with van der Waals surface area (Å²) in [5.74, 6) is 0.260. The summed E-state index contributed by atoms with van der Waals surface area (Å²) < 4.78 is 20.1. The molecule has 0 bridgehead atoms. The van der Waals surface area contributed by atoms with Crippen molar-refractivity contribution in [3.63, 3.8) is 0 Å². The summed E-state index contributed by atoms with van der Waals surface area (Å²) in [7, 11) is 1.60. The van der Waals surface area contributed by atoms with Gasteiger partial charge in [-0.3, -0.25) is 4.79 Å². The lowest BCUT2D eigenvalue weighted by Crippen LogP contribution is -2.15. The molecular weight excluding hydrogens is 381 g/mol. The fourth-order valence-electron chi connectivity index (χ4n) is 2.61. The molecule has 1 aromatic heterocycles. The molecule has 0 aliphatic carbocycles. The molecule has 2 aromatic carbocycles. The van der Waals surface area contributed by atoms with Gasteiger partial charge in [-0.05, 0) is 42.5 Å². The predicted molar refractivity (Wildman–Crippen MR) is 108 cm³/mol. The molecule has 0 radical (unpaired) electrons. The maximum atomic E-state index is 13.3. The van der Waals surface area contributed by atoms with Crippen LogP contribution in [0.2, 0.25) is 5.02 Å². The zero-order chi connectivity index (χ0) is 20.5. The number of carbonyl (C=O) groups excluding carboxylic acids is 1. The first kappa shape index (κ1) is 19.9. The zero-order valence-corrected chi connectivity index (χ0v) is 16.8. The van der Waals surface area contributed by atoms with Crippen molar-refractivity contribution in [2.24, 2.45) is 0 Å². The number of benzene rings is 2. The van der Waals surface area contributed by atoms with Crippen LogP contribution < -0.4 is 10.1 Å². The van der Waals surface area contributed by atoms with Crippen LogP contribution in [0.5, 0.6) is 5.75 Å². The Morgan fingerprint density at radius 3 is 2.39 bits per heavy atom. The molecule has 1 N–H and O–H groups in total. The first-order valence-electron chi connectivity index (χ1n) is 8.70. The smallest absolute Gasteiger partial charge is 0.258 e. The highest BCUT2D eigenvalue weighted by atomic mass is 35.5. The standard InChI is InChI=1S/C21H21ClFN3O2/c1-21(2,3)18-12-19(24-20(27)16-10-5-13(23)11-17(16)22)26(25-18)14-6-8-15(28-4)9-7-14/h5-12H,1-4H3,(H,24,27). The van der Waals surface area contributed by atoms with Crippen molar-refractivity contribution in [2.75, 3.05) is 12.4 Å². The molecule has 0 fully saturated rings. The van der Waals surface area contributed by atoms with Crippen molar-refractivity contribution < 1.29 is 13.9 Å². The van der Waals surface area contributed by atoms with Gasteiger partial charge in [-0.25, -0.2) is 9.07 Å². The van der Waals surface area contributed by atoms with Gasteiger partial charge >= 0.3 is 0 Å². The highest BCUT2D eigenvalue weighted by Crippen LogP contribution is 2.28. The molecule has 0 aliphatic heterocycles. The SMILES string of the molecule is COc1ccc(-n2nc(C(C)(C)C)cc2NC(=O)c2ccc(F)cc2Cl)cc1. The second kappa shape index (κ2) is 7.64. The van der Waals surface area contributed by atoms with Crippen molar-refractivity contribution in [3.8, 4) is 11.4 Å². The third-order valence-corrected chi connectivity index (χ3v) is 4.52. The number of ether oxygens (including phenoxy) is 1. The second-order valence-electron chi connectivity index (χ2n) is 7.35. The maximum Gasteiger partial charge on any atom is 0.258 e. The van der Waals surface area contributed by atoms with Gasteiger partial charge in [0.1, 0.15) is 17.4 Å². The number of amides is 1. The lowest BCUT2D eigenvalue weighted by Gasteiger charge is -2.14. The predicted octanol–water partition coefficient (Wildman–Crippen LogP) is 5.22. The highest BCUT2D eigenvalue weighted by molar-refractivity contribution is 6.34. The highest BCUT2D eigenvalue weighted by Gasteiger charge is 2.22. The second-order valence-corrected chi connectivity index (χ2v) is 7.76. The number of halogens is 2. The van der Waals surface area contributed by atoms with Gasteiger partial charge in [0.2, 0.25) is 0 Å². The normalized spacial score (nSPS) is 11.4. The Kier molecular flexibility index (Phi) is 5.42. The number of carbonyl (C=O) groups is 1. The molecule has 7 heteroatoms.